The Labute approximate surface area is 173 Å². The molecule has 0 amide bonds. The fourth-order valence-electron chi connectivity index (χ4n) is 2.96. The molecule has 1 unspecified atom stereocenters. The van der Waals surface area contributed by atoms with E-state index in [1.807, 2.05) is 21.1 Å². The molecule has 0 aromatic carbocycles. The second kappa shape index (κ2) is 16.8. The van der Waals surface area contributed by atoms with Gasteiger partial charge in [-0.1, -0.05) is 64.7 Å². The van der Waals surface area contributed by atoms with E-state index >= 15 is 0 Å². The maximum Gasteiger partial charge on any atom is 0.135 e. The summed E-state index contributed by atoms with van der Waals surface area (Å²) in [6.45, 7) is 3.51. The van der Waals surface area contributed by atoms with E-state index < -0.39 is 13.7 Å². The number of quaternary nitrogens is 1. The monoisotopic (exact) mass is 423 g/mol. The van der Waals surface area contributed by atoms with Crippen molar-refractivity contribution in [1.29, 1.82) is 0 Å². The van der Waals surface area contributed by atoms with Crippen LogP contribution in [0.3, 0.4) is 0 Å². The summed E-state index contributed by atoms with van der Waals surface area (Å²) in [5.74, 6) is 0. The van der Waals surface area contributed by atoms with Gasteiger partial charge in [-0.2, -0.15) is 0 Å². The predicted molar refractivity (Wildman–Crippen MR) is 115 cm³/mol. The van der Waals surface area contributed by atoms with Crippen LogP contribution in [0.25, 0.3) is 0 Å². The molecule has 7 heteroatoms. The summed E-state index contributed by atoms with van der Waals surface area (Å²) < 4.78 is 22.9. The lowest BCUT2D eigenvalue weighted by Gasteiger charge is -2.28. The summed E-state index contributed by atoms with van der Waals surface area (Å²) in [6, 6.07) is 0. The molecule has 1 N–H and O–H groups in total. The van der Waals surface area contributed by atoms with Crippen molar-refractivity contribution in [1.82, 2.24) is 0 Å². The summed E-state index contributed by atoms with van der Waals surface area (Å²) in [5.41, 5.74) is 0. The molecule has 0 aromatic heterocycles. The Kier molecular flexibility index (Phi) is 16.8. The molecule has 2 atom stereocenters. The van der Waals surface area contributed by atoms with Crippen LogP contribution in [0.5, 0.6) is 0 Å². The van der Waals surface area contributed by atoms with E-state index in [1.165, 1.54) is 51.4 Å². The van der Waals surface area contributed by atoms with Crippen LogP contribution in [-0.4, -0.2) is 69.4 Å². The Morgan fingerprint density at radius 1 is 0.893 bits per heavy atom. The Balaban J connectivity index is 3.49. The molecule has 0 aliphatic carbocycles. The zero-order valence-electron chi connectivity index (χ0n) is 18.9. The topological polar surface area (TPSA) is 78.8 Å². The molecule has 0 aliphatic rings. The normalized spacial score (nSPS) is 15.5. The van der Waals surface area contributed by atoms with Crippen LogP contribution in [0.2, 0.25) is 0 Å². The van der Waals surface area contributed by atoms with Crippen LogP contribution < -0.4 is 4.89 Å². The SMILES string of the molecule is CCCCCCCCCCCCOC[C@@H](O)COP(=O)([O-])CCC[N+](C)(C)C. The first kappa shape index (κ1) is 28.0. The van der Waals surface area contributed by atoms with Gasteiger partial charge in [0.1, 0.15) is 13.7 Å². The van der Waals surface area contributed by atoms with Crippen molar-refractivity contribution in [3.63, 3.8) is 0 Å². The average Bonchev–Trinajstić information content (AvgIpc) is 2.59. The Morgan fingerprint density at radius 3 is 1.96 bits per heavy atom. The minimum atomic E-state index is -3.88. The van der Waals surface area contributed by atoms with Crippen molar-refractivity contribution >= 4 is 7.60 Å². The summed E-state index contributed by atoms with van der Waals surface area (Å²) in [6.07, 6.45) is 12.4. The van der Waals surface area contributed by atoms with Crippen LogP contribution in [0.4, 0.5) is 0 Å². The van der Waals surface area contributed by atoms with Crippen molar-refractivity contribution in [2.75, 3.05) is 53.7 Å². The Morgan fingerprint density at radius 2 is 1.43 bits per heavy atom. The third-order valence-corrected chi connectivity index (χ3v) is 6.08. The Hall–Kier alpha value is 0.0300. The van der Waals surface area contributed by atoms with Crippen molar-refractivity contribution in [3.05, 3.63) is 0 Å². The van der Waals surface area contributed by atoms with Crippen LogP contribution in [0.1, 0.15) is 77.6 Å². The van der Waals surface area contributed by atoms with Gasteiger partial charge in [-0.05, 0) is 6.42 Å². The van der Waals surface area contributed by atoms with Crippen LogP contribution >= 0.6 is 7.60 Å². The lowest BCUT2D eigenvalue weighted by Crippen LogP contribution is -2.36. The molecule has 0 heterocycles. The van der Waals surface area contributed by atoms with Gasteiger partial charge in [0, 0.05) is 19.2 Å². The number of unbranched alkanes of at least 4 members (excludes halogenated alkanes) is 9. The van der Waals surface area contributed by atoms with E-state index in [1.54, 1.807) is 0 Å². The molecule has 0 bridgehead atoms. The predicted octanol–water partition coefficient (Wildman–Crippen LogP) is 3.95. The van der Waals surface area contributed by atoms with E-state index in [0.29, 0.717) is 13.0 Å². The highest BCUT2D eigenvalue weighted by molar-refractivity contribution is 7.51. The highest BCUT2D eigenvalue weighted by atomic mass is 31.2. The molecule has 28 heavy (non-hydrogen) atoms. The third-order valence-electron chi connectivity index (χ3n) is 4.68. The average molecular weight is 424 g/mol. The lowest BCUT2D eigenvalue weighted by atomic mass is 10.1. The van der Waals surface area contributed by atoms with Crippen LogP contribution in [0, 0.1) is 0 Å². The van der Waals surface area contributed by atoms with Gasteiger partial charge in [0.05, 0.1) is 40.9 Å². The fraction of sp³-hybridized carbons (Fsp3) is 1.00. The molecule has 0 fully saturated rings. The summed E-state index contributed by atoms with van der Waals surface area (Å²) in [5, 5.41) is 9.82. The summed E-state index contributed by atoms with van der Waals surface area (Å²) in [4.78, 5) is 11.8. The second-order valence-electron chi connectivity index (χ2n) is 8.91. The molecule has 6 nitrogen and oxygen atoms in total. The lowest BCUT2D eigenvalue weighted by molar-refractivity contribution is -0.870. The van der Waals surface area contributed by atoms with Crippen molar-refractivity contribution < 1.29 is 28.3 Å². The first-order valence-corrected chi connectivity index (χ1v) is 12.9. The van der Waals surface area contributed by atoms with Gasteiger partial charge in [-0.3, -0.25) is 0 Å². The first-order valence-electron chi connectivity index (χ1n) is 11.2. The number of nitrogens with zero attached hydrogens (tertiary/aromatic N) is 1. The minimum absolute atomic E-state index is 0.00863. The first-order chi connectivity index (χ1) is 13.2. The highest BCUT2D eigenvalue weighted by Crippen LogP contribution is 2.37. The van der Waals surface area contributed by atoms with Crippen molar-refractivity contribution in [2.45, 2.75) is 83.7 Å². The molecule has 0 spiro atoms. The molecule has 0 radical (unpaired) electrons. The Bertz CT molecular complexity index is 401. The van der Waals surface area contributed by atoms with Gasteiger partial charge in [0.25, 0.3) is 0 Å². The van der Waals surface area contributed by atoms with E-state index in [9.17, 15) is 14.6 Å². The molecule has 0 rings (SSSR count). The standard InChI is InChI=1S/C21H46NO5P/c1-5-6-7-8-9-10-11-12-13-14-17-26-19-21(23)20-27-28(24,25)18-15-16-22(2,3)4/h21,23H,5-20H2,1-4H3/t21-/m1/s1. The van der Waals surface area contributed by atoms with E-state index in [4.69, 9.17) is 9.26 Å². The van der Waals surface area contributed by atoms with E-state index in [0.717, 1.165) is 23.9 Å². The fourth-order valence-corrected chi connectivity index (χ4v) is 4.02. The maximum absolute atomic E-state index is 11.8. The van der Waals surface area contributed by atoms with Crippen LogP contribution in [-0.2, 0) is 13.8 Å². The quantitative estimate of drug-likeness (QED) is 0.182. The number of rotatable bonds is 20. The number of aliphatic hydroxyl groups is 1. The van der Waals surface area contributed by atoms with Gasteiger partial charge in [0.15, 0.2) is 0 Å². The van der Waals surface area contributed by atoms with Gasteiger partial charge in [-0.15, -0.1) is 0 Å². The largest absolute Gasteiger partial charge is 0.778 e. The highest BCUT2D eigenvalue weighted by Gasteiger charge is 2.15. The van der Waals surface area contributed by atoms with Gasteiger partial charge in [-0.25, -0.2) is 0 Å². The van der Waals surface area contributed by atoms with Crippen molar-refractivity contribution in [3.8, 4) is 0 Å². The van der Waals surface area contributed by atoms with E-state index in [2.05, 4.69) is 6.92 Å². The van der Waals surface area contributed by atoms with E-state index in [-0.39, 0.29) is 19.4 Å². The second-order valence-corrected chi connectivity index (χ2v) is 10.8. The smallest absolute Gasteiger partial charge is 0.135 e. The zero-order chi connectivity index (χ0) is 21.3. The molecule has 0 saturated carbocycles. The van der Waals surface area contributed by atoms with Gasteiger partial charge in [0.2, 0.25) is 0 Å². The number of hydrogen-bond donors (Lipinski definition) is 1. The van der Waals surface area contributed by atoms with Crippen molar-refractivity contribution in [2.24, 2.45) is 0 Å². The number of hydrogen-bond acceptors (Lipinski definition) is 5. The number of aliphatic hydroxyl groups excluding tert-OH is 1. The molecular formula is C21H46NO5P. The maximum atomic E-state index is 11.8. The molecule has 0 saturated heterocycles. The van der Waals surface area contributed by atoms with Gasteiger partial charge < -0.3 is 28.3 Å². The zero-order valence-corrected chi connectivity index (χ0v) is 19.8. The minimum Gasteiger partial charge on any atom is -0.778 e. The summed E-state index contributed by atoms with van der Waals surface area (Å²) >= 11 is 0. The molecule has 170 valence electrons. The molecule has 0 aromatic rings. The molecular weight excluding hydrogens is 377 g/mol. The summed E-state index contributed by atoms with van der Waals surface area (Å²) in [7, 11) is 2.18. The third kappa shape index (κ3) is 20.8. The molecule has 0 aliphatic heterocycles. The van der Waals surface area contributed by atoms with Crippen LogP contribution in [0.15, 0.2) is 0 Å². The number of ether oxygens (including phenoxy) is 1. The van der Waals surface area contributed by atoms with Gasteiger partial charge >= 0.3 is 0 Å².